The molecule has 0 aliphatic heterocycles. The van der Waals surface area contributed by atoms with Gasteiger partial charge in [-0.15, -0.1) is 0 Å². The van der Waals surface area contributed by atoms with Gasteiger partial charge in [0.05, 0.1) is 6.61 Å². The van der Waals surface area contributed by atoms with Crippen LogP contribution in [-0.4, -0.2) is 6.61 Å². The normalized spacial score (nSPS) is 25.9. The van der Waals surface area contributed by atoms with E-state index in [1.165, 1.54) is 132 Å². The largest absolute Gasteiger partial charge is 0.493 e. The highest BCUT2D eigenvalue weighted by Crippen LogP contribution is 2.43. The van der Waals surface area contributed by atoms with Crippen LogP contribution in [0.5, 0.6) is 5.75 Å². The summed E-state index contributed by atoms with van der Waals surface area (Å²) in [6, 6.07) is 7.11. The van der Waals surface area contributed by atoms with Crippen molar-refractivity contribution in [3.05, 3.63) is 29.3 Å². The zero-order valence-electron chi connectivity index (χ0n) is 23.8. The molecule has 1 aromatic rings. The van der Waals surface area contributed by atoms with Crippen LogP contribution in [-0.2, 0) is 11.8 Å². The number of para-hydroxylation sites is 1. The van der Waals surface area contributed by atoms with Crippen LogP contribution in [0.1, 0.15) is 161 Å². The molecule has 0 amide bonds. The van der Waals surface area contributed by atoms with Gasteiger partial charge in [0.15, 0.2) is 0 Å². The van der Waals surface area contributed by atoms with Gasteiger partial charge in [-0.05, 0) is 48.5 Å². The SMILES string of the molecule is CCCCCCOc1c2cccc1C(C)(CC)CCCCCCCCCCCCC(C)(CC)C2. The number of benzene rings is 1. The monoisotopic (exact) mass is 470 g/mol. The van der Waals surface area contributed by atoms with Crippen molar-refractivity contribution < 1.29 is 4.74 Å². The number of unbranched alkanes of at least 4 members (excludes halogenated alkanes) is 3. The number of hydrogen-bond donors (Lipinski definition) is 0. The number of hydrogen-bond acceptors (Lipinski definition) is 1. The standard InChI is InChI=1S/C33H58O/c1-6-9-10-21-27-34-31-29-23-22-24-30(31)33(5,8-3)26-20-18-16-14-12-11-13-15-17-19-25-32(4,7-2)28-29/h22-24H,6-21,25-28H2,1-5H3. The van der Waals surface area contributed by atoms with Crippen molar-refractivity contribution in [2.45, 2.75) is 162 Å². The van der Waals surface area contributed by atoms with Gasteiger partial charge in [-0.25, -0.2) is 0 Å². The third-order valence-electron chi connectivity index (χ3n) is 9.00. The Morgan fingerprint density at radius 1 is 0.706 bits per heavy atom. The first-order chi connectivity index (χ1) is 16.5. The molecular formula is C33H58O. The highest BCUT2D eigenvalue weighted by molar-refractivity contribution is 5.46. The van der Waals surface area contributed by atoms with Gasteiger partial charge in [-0.1, -0.05) is 143 Å². The van der Waals surface area contributed by atoms with E-state index in [9.17, 15) is 0 Å². The smallest absolute Gasteiger partial charge is 0.126 e. The van der Waals surface area contributed by atoms with Crippen molar-refractivity contribution in [1.29, 1.82) is 0 Å². The Morgan fingerprint density at radius 3 is 1.91 bits per heavy atom. The van der Waals surface area contributed by atoms with Crippen LogP contribution in [0.15, 0.2) is 18.2 Å². The first kappa shape index (κ1) is 29.3. The summed E-state index contributed by atoms with van der Waals surface area (Å²) in [5, 5.41) is 0. The van der Waals surface area contributed by atoms with Crippen LogP contribution >= 0.6 is 0 Å². The molecule has 196 valence electrons. The van der Waals surface area contributed by atoms with E-state index >= 15 is 0 Å². The maximum Gasteiger partial charge on any atom is 0.126 e. The molecule has 0 saturated carbocycles. The molecule has 1 aliphatic rings. The van der Waals surface area contributed by atoms with Crippen molar-refractivity contribution in [2.24, 2.45) is 5.41 Å². The Labute approximate surface area is 213 Å². The average molecular weight is 471 g/mol. The molecule has 1 aromatic carbocycles. The molecule has 0 fully saturated rings. The van der Waals surface area contributed by atoms with Gasteiger partial charge >= 0.3 is 0 Å². The lowest BCUT2D eigenvalue weighted by Gasteiger charge is -2.34. The lowest BCUT2D eigenvalue weighted by atomic mass is 9.72. The van der Waals surface area contributed by atoms with Crippen LogP contribution in [0.4, 0.5) is 0 Å². The number of fused-ring (bicyclic) bond motifs is 2. The first-order valence-electron chi connectivity index (χ1n) is 15.2. The summed E-state index contributed by atoms with van der Waals surface area (Å²) in [6.45, 7) is 13.0. The second kappa shape index (κ2) is 15.9. The molecule has 0 spiro atoms. The summed E-state index contributed by atoms with van der Waals surface area (Å²) in [6.07, 6.45) is 25.4. The van der Waals surface area contributed by atoms with Gasteiger partial charge in [0.1, 0.15) is 5.75 Å². The molecule has 0 heterocycles. The van der Waals surface area contributed by atoms with Crippen LogP contribution in [0.25, 0.3) is 0 Å². The van der Waals surface area contributed by atoms with E-state index in [1.54, 1.807) is 0 Å². The first-order valence-corrected chi connectivity index (χ1v) is 15.2. The second-order valence-corrected chi connectivity index (χ2v) is 12.0. The van der Waals surface area contributed by atoms with Crippen molar-refractivity contribution >= 4 is 0 Å². The Hall–Kier alpha value is -0.980. The second-order valence-electron chi connectivity index (χ2n) is 12.0. The van der Waals surface area contributed by atoms with Crippen LogP contribution in [0, 0.1) is 5.41 Å². The molecule has 2 unspecified atom stereocenters. The van der Waals surface area contributed by atoms with Crippen LogP contribution in [0.2, 0.25) is 0 Å². The van der Waals surface area contributed by atoms with Crippen LogP contribution < -0.4 is 4.74 Å². The third-order valence-corrected chi connectivity index (χ3v) is 9.00. The third kappa shape index (κ3) is 9.58. The summed E-state index contributed by atoms with van der Waals surface area (Å²) < 4.78 is 6.73. The Balaban J connectivity index is 2.33. The molecule has 0 aromatic heterocycles. The van der Waals surface area contributed by atoms with Gasteiger partial charge in [-0.2, -0.15) is 0 Å². The number of rotatable bonds is 8. The Morgan fingerprint density at radius 2 is 1.32 bits per heavy atom. The van der Waals surface area contributed by atoms with Crippen molar-refractivity contribution in [3.8, 4) is 5.75 Å². The number of ether oxygens (including phenoxy) is 1. The van der Waals surface area contributed by atoms with E-state index in [-0.39, 0.29) is 5.41 Å². The minimum absolute atomic E-state index is 0.211. The highest BCUT2D eigenvalue weighted by Gasteiger charge is 2.31. The van der Waals surface area contributed by atoms with Gasteiger partial charge in [-0.3, -0.25) is 0 Å². The van der Waals surface area contributed by atoms with Gasteiger partial charge in [0.25, 0.3) is 0 Å². The molecule has 0 N–H and O–H groups in total. The lowest BCUT2D eigenvalue weighted by molar-refractivity contribution is 0.254. The predicted molar refractivity (Wildman–Crippen MR) is 151 cm³/mol. The molecule has 1 nitrogen and oxygen atoms in total. The van der Waals surface area contributed by atoms with Gasteiger partial charge < -0.3 is 4.74 Å². The Kier molecular flexibility index (Phi) is 13.7. The van der Waals surface area contributed by atoms with E-state index in [4.69, 9.17) is 4.74 Å². The van der Waals surface area contributed by atoms with Crippen LogP contribution in [0.3, 0.4) is 0 Å². The molecule has 0 radical (unpaired) electrons. The zero-order valence-corrected chi connectivity index (χ0v) is 23.8. The van der Waals surface area contributed by atoms with Crippen molar-refractivity contribution in [3.63, 3.8) is 0 Å². The van der Waals surface area contributed by atoms with E-state index in [0.29, 0.717) is 5.41 Å². The van der Waals surface area contributed by atoms with E-state index < -0.39 is 0 Å². The molecule has 2 atom stereocenters. The summed E-state index contributed by atoms with van der Waals surface area (Å²) >= 11 is 0. The van der Waals surface area contributed by atoms with E-state index in [1.807, 2.05) is 0 Å². The van der Waals surface area contributed by atoms with Gasteiger partial charge in [0.2, 0.25) is 0 Å². The lowest BCUT2D eigenvalue weighted by Crippen LogP contribution is -2.24. The maximum absolute atomic E-state index is 6.73. The average Bonchev–Trinajstić information content (AvgIpc) is 2.84. The fourth-order valence-electron chi connectivity index (χ4n) is 5.91. The molecule has 2 rings (SSSR count). The topological polar surface area (TPSA) is 9.23 Å². The molecular weight excluding hydrogens is 412 g/mol. The molecule has 1 aliphatic carbocycles. The van der Waals surface area contributed by atoms with E-state index in [2.05, 4.69) is 52.8 Å². The maximum atomic E-state index is 6.73. The van der Waals surface area contributed by atoms with Crippen molar-refractivity contribution in [2.75, 3.05) is 6.61 Å². The molecule has 0 saturated heterocycles. The molecule has 2 bridgehead atoms. The fraction of sp³-hybridized carbons (Fsp3) is 0.818. The molecule has 34 heavy (non-hydrogen) atoms. The van der Waals surface area contributed by atoms with E-state index in [0.717, 1.165) is 13.0 Å². The highest BCUT2D eigenvalue weighted by atomic mass is 16.5. The fourth-order valence-corrected chi connectivity index (χ4v) is 5.91. The zero-order chi connectivity index (χ0) is 24.7. The summed E-state index contributed by atoms with van der Waals surface area (Å²) in [4.78, 5) is 0. The van der Waals surface area contributed by atoms with Crippen molar-refractivity contribution in [1.82, 2.24) is 0 Å². The predicted octanol–water partition coefficient (Wildman–Crippen LogP) is 11.0. The summed E-state index contributed by atoms with van der Waals surface area (Å²) in [5.74, 6) is 1.25. The minimum Gasteiger partial charge on any atom is -0.493 e. The Bertz CT molecular complexity index is 665. The summed E-state index contributed by atoms with van der Waals surface area (Å²) in [7, 11) is 0. The minimum atomic E-state index is 0.211. The molecule has 1 heteroatoms. The van der Waals surface area contributed by atoms with Gasteiger partial charge in [0, 0.05) is 5.56 Å². The quantitative estimate of drug-likeness (QED) is 0.343. The summed E-state index contributed by atoms with van der Waals surface area (Å²) in [5.41, 5.74) is 3.54.